The van der Waals surface area contributed by atoms with Crippen molar-refractivity contribution in [2.45, 2.75) is 32.7 Å². The summed E-state index contributed by atoms with van der Waals surface area (Å²) in [6.45, 7) is 4.84. The van der Waals surface area contributed by atoms with E-state index in [1.54, 1.807) is 17.0 Å². The standard InChI is InChI=1S/C20H31N3O5/c1-12(2)6-14(10-21)22-20(25)13-7-18(24)23(11-13)15-8-16(26-3)19(28-5)17(9-15)27-4/h8-9,12-14H,6-7,10-11,21H2,1-5H3,(H,22,25). The van der Waals surface area contributed by atoms with Crippen LogP contribution in [0.15, 0.2) is 12.1 Å². The molecule has 0 aliphatic carbocycles. The van der Waals surface area contributed by atoms with Gasteiger partial charge in [-0.05, 0) is 12.3 Å². The third-order valence-electron chi connectivity index (χ3n) is 4.84. The van der Waals surface area contributed by atoms with E-state index in [0.29, 0.717) is 41.9 Å². The third-order valence-corrected chi connectivity index (χ3v) is 4.84. The molecule has 28 heavy (non-hydrogen) atoms. The smallest absolute Gasteiger partial charge is 0.227 e. The number of ether oxygens (including phenoxy) is 3. The van der Waals surface area contributed by atoms with Gasteiger partial charge < -0.3 is 30.2 Å². The van der Waals surface area contributed by atoms with E-state index in [9.17, 15) is 9.59 Å². The number of hydrogen-bond donors (Lipinski definition) is 2. The van der Waals surface area contributed by atoms with Crippen LogP contribution < -0.4 is 30.2 Å². The summed E-state index contributed by atoms with van der Waals surface area (Å²) in [5.74, 6) is 1.11. The molecule has 1 aromatic carbocycles. The van der Waals surface area contributed by atoms with Gasteiger partial charge in [-0.15, -0.1) is 0 Å². The normalized spacial score (nSPS) is 17.6. The number of carbonyl (C=O) groups is 2. The average Bonchev–Trinajstić information content (AvgIpc) is 3.07. The van der Waals surface area contributed by atoms with Crippen molar-refractivity contribution in [2.75, 3.05) is 39.3 Å². The highest BCUT2D eigenvalue weighted by Gasteiger charge is 2.36. The fourth-order valence-electron chi connectivity index (χ4n) is 3.46. The second kappa shape index (κ2) is 9.64. The van der Waals surface area contributed by atoms with Gasteiger partial charge in [-0.2, -0.15) is 0 Å². The molecule has 0 saturated carbocycles. The molecule has 3 N–H and O–H groups in total. The minimum atomic E-state index is -0.423. The van der Waals surface area contributed by atoms with Crippen molar-refractivity contribution in [2.24, 2.45) is 17.6 Å². The van der Waals surface area contributed by atoms with Crippen LogP contribution in [0.4, 0.5) is 5.69 Å². The van der Waals surface area contributed by atoms with Gasteiger partial charge in [-0.1, -0.05) is 13.8 Å². The lowest BCUT2D eigenvalue weighted by atomic mass is 10.0. The number of nitrogens with two attached hydrogens (primary N) is 1. The molecule has 0 spiro atoms. The summed E-state index contributed by atoms with van der Waals surface area (Å²) in [6, 6.07) is 3.33. The number of anilines is 1. The Hall–Kier alpha value is -2.48. The molecule has 2 rings (SSSR count). The highest BCUT2D eigenvalue weighted by molar-refractivity contribution is 6.00. The monoisotopic (exact) mass is 393 g/mol. The molecular weight excluding hydrogens is 362 g/mol. The SMILES string of the molecule is COc1cc(N2CC(C(=O)NC(CN)CC(C)C)CC2=O)cc(OC)c1OC. The van der Waals surface area contributed by atoms with Gasteiger partial charge in [-0.25, -0.2) is 0 Å². The molecule has 1 heterocycles. The van der Waals surface area contributed by atoms with E-state index in [-0.39, 0.29) is 24.3 Å². The van der Waals surface area contributed by atoms with Gasteiger partial charge in [0.15, 0.2) is 11.5 Å². The van der Waals surface area contributed by atoms with Crippen molar-refractivity contribution in [1.82, 2.24) is 5.32 Å². The molecule has 1 aliphatic heterocycles. The Morgan fingerprint density at radius 1 is 1.21 bits per heavy atom. The average molecular weight is 393 g/mol. The highest BCUT2D eigenvalue weighted by atomic mass is 16.5. The molecule has 0 radical (unpaired) electrons. The minimum Gasteiger partial charge on any atom is -0.493 e. The van der Waals surface area contributed by atoms with E-state index in [4.69, 9.17) is 19.9 Å². The minimum absolute atomic E-state index is 0.0853. The Bertz CT molecular complexity index is 682. The molecule has 2 atom stereocenters. The maximum Gasteiger partial charge on any atom is 0.227 e. The van der Waals surface area contributed by atoms with Crippen molar-refractivity contribution in [3.63, 3.8) is 0 Å². The van der Waals surface area contributed by atoms with Crippen molar-refractivity contribution in [3.8, 4) is 17.2 Å². The number of nitrogens with zero attached hydrogens (tertiary/aromatic N) is 1. The second-order valence-corrected chi connectivity index (χ2v) is 7.36. The van der Waals surface area contributed by atoms with Gasteiger partial charge >= 0.3 is 0 Å². The number of rotatable bonds is 9. The van der Waals surface area contributed by atoms with Gasteiger partial charge in [0.25, 0.3) is 0 Å². The summed E-state index contributed by atoms with van der Waals surface area (Å²) >= 11 is 0. The van der Waals surface area contributed by atoms with E-state index in [1.165, 1.54) is 21.3 Å². The first-order chi connectivity index (χ1) is 13.3. The van der Waals surface area contributed by atoms with Crippen LogP contribution in [0.5, 0.6) is 17.2 Å². The molecule has 2 amide bonds. The maximum atomic E-state index is 12.7. The van der Waals surface area contributed by atoms with Crippen LogP contribution in [0, 0.1) is 11.8 Å². The topological polar surface area (TPSA) is 103 Å². The first-order valence-corrected chi connectivity index (χ1v) is 9.45. The van der Waals surface area contributed by atoms with Crippen LogP contribution in [0.1, 0.15) is 26.7 Å². The quantitative estimate of drug-likeness (QED) is 0.660. The van der Waals surface area contributed by atoms with Gasteiger partial charge in [-0.3, -0.25) is 9.59 Å². The summed E-state index contributed by atoms with van der Waals surface area (Å²) in [7, 11) is 4.56. The summed E-state index contributed by atoms with van der Waals surface area (Å²) < 4.78 is 16.0. The number of amides is 2. The van der Waals surface area contributed by atoms with Crippen LogP contribution in [0.2, 0.25) is 0 Å². The summed E-state index contributed by atoms with van der Waals surface area (Å²) in [4.78, 5) is 26.8. The zero-order chi connectivity index (χ0) is 20.8. The van der Waals surface area contributed by atoms with E-state index in [2.05, 4.69) is 19.2 Å². The first-order valence-electron chi connectivity index (χ1n) is 9.45. The molecule has 1 aromatic rings. The molecular formula is C20H31N3O5. The lowest BCUT2D eigenvalue weighted by molar-refractivity contribution is -0.127. The van der Waals surface area contributed by atoms with Crippen molar-refractivity contribution < 1.29 is 23.8 Å². The molecule has 1 fully saturated rings. The summed E-state index contributed by atoms with van der Waals surface area (Å²) in [6.07, 6.45) is 0.959. The summed E-state index contributed by atoms with van der Waals surface area (Å²) in [5, 5.41) is 2.98. The Morgan fingerprint density at radius 2 is 1.82 bits per heavy atom. The summed E-state index contributed by atoms with van der Waals surface area (Å²) in [5.41, 5.74) is 6.38. The molecule has 8 nitrogen and oxygen atoms in total. The Labute approximate surface area is 166 Å². The zero-order valence-electron chi connectivity index (χ0n) is 17.3. The van der Waals surface area contributed by atoms with Crippen LogP contribution >= 0.6 is 0 Å². The van der Waals surface area contributed by atoms with Crippen LogP contribution in [-0.2, 0) is 9.59 Å². The number of carbonyl (C=O) groups excluding carboxylic acids is 2. The number of benzene rings is 1. The molecule has 156 valence electrons. The van der Waals surface area contributed by atoms with E-state index >= 15 is 0 Å². The molecule has 2 unspecified atom stereocenters. The molecule has 1 aliphatic rings. The Morgan fingerprint density at radius 3 is 2.29 bits per heavy atom. The Kier molecular flexibility index (Phi) is 7.51. The number of hydrogen-bond acceptors (Lipinski definition) is 6. The molecule has 0 aromatic heterocycles. The lowest BCUT2D eigenvalue weighted by Crippen LogP contribution is -2.44. The van der Waals surface area contributed by atoms with Crippen molar-refractivity contribution in [3.05, 3.63) is 12.1 Å². The van der Waals surface area contributed by atoms with Crippen LogP contribution in [0.25, 0.3) is 0 Å². The number of nitrogens with one attached hydrogen (secondary N) is 1. The predicted molar refractivity (Wildman–Crippen MR) is 107 cm³/mol. The molecule has 8 heteroatoms. The fraction of sp³-hybridized carbons (Fsp3) is 0.600. The highest BCUT2D eigenvalue weighted by Crippen LogP contribution is 2.42. The fourth-order valence-corrected chi connectivity index (χ4v) is 3.46. The van der Waals surface area contributed by atoms with Gasteiger partial charge in [0.05, 0.1) is 32.9 Å². The van der Waals surface area contributed by atoms with Crippen molar-refractivity contribution in [1.29, 1.82) is 0 Å². The predicted octanol–water partition coefficient (Wildman–Crippen LogP) is 1.55. The third kappa shape index (κ3) is 4.86. The largest absolute Gasteiger partial charge is 0.493 e. The van der Waals surface area contributed by atoms with Crippen LogP contribution in [0.3, 0.4) is 0 Å². The first kappa shape index (κ1) is 21.8. The second-order valence-electron chi connectivity index (χ2n) is 7.36. The van der Waals surface area contributed by atoms with Gasteiger partial charge in [0.2, 0.25) is 17.6 Å². The zero-order valence-corrected chi connectivity index (χ0v) is 17.3. The molecule has 1 saturated heterocycles. The molecule has 0 bridgehead atoms. The number of methoxy groups -OCH3 is 3. The van der Waals surface area contributed by atoms with E-state index in [0.717, 1.165) is 6.42 Å². The van der Waals surface area contributed by atoms with Gasteiger partial charge in [0, 0.05) is 37.7 Å². The maximum absolute atomic E-state index is 12.7. The van der Waals surface area contributed by atoms with E-state index in [1.807, 2.05) is 0 Å². The lowest BCUT2D eigenvalue weighted by Gasteiger charge is -2.22. The van der Waals surface area contributed by atoms with Crippen LogP contribution in [-0.4, -0.2) is 52.3 Å². The Balaban J connectivity index is 2.17. The van der Waals surface area contributed by atoms with Crippen molar-refractivity contribution >= 4 is 17.5 Å². The van der Waals surface area contributed by atoms with Gasteiger partial charge in [0.1, 0.15) is 0 Å². The van der Waals surface area contributed by atoms with E-state index < -0.39 is 5.92 Å².